The molecule has 2 aromatic heterocycles. The molecule has 3 aromatic rings. The number of fused-ring (bicyclic) bond motifs is 1. The van der Waals surface area contributed by atoms with Crippen LogP contribution in [0, 0.1) is 0 Å². The second-order valence-electron chi connectivity index (χ2n) is 8.07. The van der Waals surface area contributed by atoms with Crippen LogP contribution in [-0.4, -0.2) is 38.9 Å². The Bertz CT molecular complexity index is 1220. The number of anilines is 1. The third-order valence-electron chi connectivity index (χ3n) is 5.99. The molecular weight excluding hydrogens is 447 g/mol. The summed E-state index contributed by atoms with van der Waals surface area (Å²) in [6.45, 7) is 0.698. The van der Waals surface area contributed by atoms with E-state index in [4.69, 9.17) is 16.3 Å². The maximum atomic E-state index is 13.5. The molecule has 2 aliphatic rings. The summed E-state index contributed by atoms with van der Waals surface area (Å²) in [6.07, 6.45) is -2.44. The van der Waals surface area contributed by atoms with Gasteiger partial charge in [0.1, 0.15) is 23.0 Å². The Balaban J connectivity index is 1.50. The summed E-state index contributed by atoms with van der Waals surface area (Å²) in [5.74, 6) is 0.175. The molecule has 0 saturated carbocycles. The van der Waals surface area contributed by atoms with Crippen LogP contribution >= 0.6 is 11.6 Å². The molecule has 0 radical (unpaired) electrons. The number of aromatic nitrogens is 4. The van der Waals surface area contributed by atoms with Crippen molar-refractivity contribution in [3.63, 3.8) is 0 Å². The van der Waals surface area contributed by atoms with Crippen molar-refractivity contribution in [3.05, 3.63) is 70.0 Å². The molecule has 0 N–H and O–H groups in total. The van der Waals surface area contributed by atoms with Gasteiger partial charge in [-0.1, -0.05) is 23.7 Å². The molecule has 7 nitrogen and oxygen atoms in total. The minimum absolute atomic E-state index is 0.168. The van der Waals surface area contributed by atoms with Crippen LogP contribution in [0.4, 0.5) is 18.9 Å². The number of pyridine rings is 1. The van der Waals surface area contributed by atoms with Crippen LogP contribution in [0.3, 0.4) is 0 Å². The molecule has 1 aromatic carbocycles. The number of nitrogens with zero attached hydrogens (tertiary/aromatic N) is 5. The highest BCUT2D eigenvalue weighted by molar-refractivity contribution is 6.29. The maximum absolute atomic E-state index is 13.5. The van der Waals surface area contributed by atoms with Gasteiger partial charge in [-0.3, -0.25) is 4.79 Å². The summed E-state index contributed by atoms with van der Waals surface area (Å²) in [7, 11) is 1.86. The van der Waals surface area contributed by atoms with Gasteiger partial charge in [-0.2, -0.15) is 13.2 Å². The normalized spacial score (nSPS) is 17.4. The molecule has 1 saturated heterocycles. The zero-order valence-electron chi connectivity index (χ0n) is 16.9. The second-order valence-corrected chi connectivity index (χ2v) is 8.45. The van der Waals surface area contributed by atoms with Crippen molar-refractivity contribution in [1.29, 1.82) is 0 Å². The van der Waals surface area contributed by atoms with Crippen molar-refractivity contribution in [1.82, 2.24) is 19.7 Å². The van der Waals surface area contributed by atoms with E-state index in [0.717, 1.165) is 17.5 Å². The molecule has 1 amide bonds. The number of alkyl halides is 3. The number of carbonyl (C=O) groups excluding carboxylic acids is 1. The third kappa shape index (κ3) is 3.34. The van der Waals surface area contributed by atoms with E-state index in [0.29, 0.717) is 25.3 Å². The van der Waals surface area contributed by atoms with Gasteiger partial charge in [0.05, 0.1) is 25.3 Å². The lowest BCUT2D eigenvalue weighted by Gasteiger charge is -2.42. The highest BCUT2D eigenvalue weighted by Gasteiger charge is 2.44. The van der Waals surface area contributed by atoms with Gasteiger partial charge in [0, 0.05) is 30.1 Å². The number of carbonyl (C=O) groups is 1. The number of benzene rings is 1. The molecule has 0 unspecified atom stereocenters. The molecule has 4 heterocycles. The molecule has 32 heavy (non-hydrogen) atoms. The highest BCUT2D eigenvalue weighted by Crippen LogP contribution is 2.41. The number of rotatable bonds is 4. The van der Waals surface area contributed by atoms with Crippen LogP contribution in [0.5, 0.6) is 0 Å². The minimum Gasteiger partial charge on any atom is -0.379 e. The zero-order chi connectivity index (χ0) is 22.7. The standard InChI is InChI=1S/C21H17ClF3N5O2/c1-29-11-26-28-17(29)7-20(9-32-10-20)12-3-2-4-13(5-12)30-8-14-15(21(23,24)25)6-16(22)27-18(14)19(30)31/h2-6,11H,7-10H2,1H3. The van der Waals surface area contributed by atoms with E-state index in [1.807, 2.05) is 23.7 Å². The fourth-order valence-corrected chi connectivity index (χ4v) is 4.38. The first-order chi connectivity index (χ1) is 15.2. The number of ether oxygens (including phenoxy) is 1. The first kappa shape index (κ1) is 20.9. The molecule has 0 aliphatic carbocycles. The fraction of sp³-hybridized carbons (Fsp3) is 0.333. The van der Waals surface area contributed by atoms with Gasteiger partial charge >= 0.3 is 6.18 Å². The molecule has 0 spiro atoms. The second kappa shape index (κ2) is 7.28. The van der Waals surface area contributed by atoms with E-state index >= 15 is 0 Å². The molecule has 0 atom stereocenters. The van der Waals surface area contributed by atoms with Crippen LogP contribution in [-0.2, 0) is 36.3 Å². The van der Waals surface area contributed by atoms with Crippen LogP contribution in [0.1, 0.15) is 33.0 Å². The van der Waals surface area contributed by atoms with Gasteiger partial charge in [-0.15, -0.1) is 10.2 Å². The SMILES string of the molecule is Cn1cnnc1CC1(c2cccc(N3Cc4c(C(F)(F)F)cc(Cl)nc4C3=O)c2)COC1. The Labute approximate surface area is 185 Å². The summed E-state index contributed by atoms with van der Waals surface area (Å²) in [4.78, 5) is 18.1. The van der Waals surface area contributed by atoms with Crippen molar-refractivity contribution in [2.24, 2.45) is 7.05 Å². The maximum Gasteiger partial charge on any atom is 0.416 e. The molecule has 166 valence electrons. The van der Waals surface area contributed by atoms with Crippen LogP contribution in [0.15, 0.2) is 36.7 Å². The Morgan fingerprint density at radius 2 is 2.03 bits per heavy atom. The smallest absolute Gasteiger partial charge is 0.379 e. The zero-order valence-corrected chi connectivity index (χ0v) is 17.6. The molecule has 5 rings (SSSR count). The number of hydrogen-bond acceptors (Lipinski definition) is 5. The van der Waals surface area contributed by atoms with Gasteiger partial charge in [0.2, 0.25) is 0 Å². The topological polar surface area (TPSA) is 73.1 Å². The average molecular weight is 464 g/mol. The first-order valence-corrected chi connectivity index (χ1v) is 10.2. The van der Waals surface area contributed by atoms with Crippen molar-refractivity contribution in [3.8, 4) is 0 Å². The average Bonchev–Trinajstić information content (AvgIpc) is 3.26. The summed E-state index contributed by atoms with van der Waals surface area (Å²) < 4.78 is 47.9. The predicted molar refractivity (Wildman–Crippen MR) is 108 cm³/mol. The van der Waals surface area contributed by atoms with Gasteiger partial charge in [-0.05, 0) is 23.8 Å². The summed E-state index contributed by atoms with van der Waals surface area (Å²) in [5, 5.41) is 7.70. The molecule has 2 aliphatic heterocycles. The van der Waals surface area contributed by atoms with Crippen molar-refractivity contribution >= 4 is 23.2 Å². The van der Waals surface area contributed by atoms with Gasteiger partial charge in [-0.25, -0.2) is 4.98 Å². The van der Waals surface area contributed by atoms with Crippen LogP contribution < -0.4 is 4.90 Å². The van der Waals surface area contributed by atoms with Gasteiger partial charge in [0.25, 0.3) is 5.91 Å². The lowest BCUT2D eigenvalue weighted by Crippen LogP contribution is -2.49. The summed E-state index contributed by atoms with van der Waals surface area (Å²) in [6, 6.07) is 7.97. The summed E-state index contributed by atoms with van der Waals surface area (Å²) in [5.41, 5.74) is -0.334. The number of amides is 1. The van der Waals surface area contributed by atoms with E-state index in [1.54, 1.807) is 18.5 Å². The van der Waals surface area contributed by atoms with Crippen molar-refractivity contribution < 1.29 is 22.7 Å². The first-order valence-electron chi connectivity index (χ1n) is 9.78. The Kier molecular flexibility index (Phi) is 4.75. The highest BCUT2D eigenvalue weighted by atomic mass is 35.5. The van der Waals surface area contributed by atoms with Gasteiger partial charge in [0.15, 0.2) is 0 Å². The van der Waals surface area contributed by atoms with Gasteiger partial charge < -0.3 is 14.2 Å². The minimum atomic E-state index is -4.64. The predicted octanol–water partition coefficient (Wildman–Crippen LogP) is 3.55. The Morgan fingerprint density at radius 3 is 2.66 bits per heavy atom. The van der Waals surface area contributed by atoms with E-state index in [1.165, 1.54) is 4.90 Å². The van der Waals surface area contributed by atoms with E-state index in [-0.39, 0.29) is 28.4 Å². The Hall–Kier alpha value is -2.98. The number of halogens is 4. The largest absolute Gasteiger partial charge is 0.416 e. The van der Waals surface area contributed by atoms with Crippen LogP contribution in [0.2, 0.25) is 5.15 Å². The fourth-order valence-electron chi connectivity index (χ4n) is 4.19. The summed E-state index contributed by atoms with van der Waals surface area (Å²) >= 11 is 5.78. The Morgan fingerprint density at radius 1 is 1.25 bits per heavy atom. The third-order valence-corrected chi connectivity index (χ3v) is 6.18. The molecule has 0 bridgehead atoms. The van der Waals surface area contributed by atoms with Crippen molar-refractivity contribution in [2.75, 3.05) is 18.1 Å². The molecule has 11 heteroatoms. The van der Waals surface area contributed by atoms with E-state index in [9.17, 15) is 18.0 Å². The lowest BCUT2D eigenvalue weighted by molar-refractivity contribution is -0.138. The molecular formula is C21H17ClF3N5O2. The lowest BCUT2D eigenvalue weighted by atomic mass is 9.75. The monoisotopic (exact) mass is 463 g/mol. The van der Waals surface area contributed by atoms with E-state index < -0.39 is 17.6 Å². The number of hydrogen-bond donors (Lipinski definition) is 0. The quantitative estimate of drug-likeness (QED) is 0.553. The van der Waals surface area contributed by atoms with E-state index in [2.05, 4.69) is 15.2 Å². The number of aryl methyl sites for hydroxylation is 1. The van der Waals surface area contributed by atoms with Crippen LogP contribution in [0.25, 0.3) is 0 Å². The van der Waals surface area contributed by atoms with Crippen molar-refractivity contribution in [2.45, 2.75) is 24.6 Å². The molecule has 1 fully saturated rings.